The molecule has 1 N–H and O–H groups in total. The van der Waals surface area contributed by atoms with Gasteiger partial charge >= 0.3 is 6.01 Å². The molecule has 0 aliphatic carbocycles. The number of nitrogens with zero attached hydrogens (tertiary/aromatic N) is 4. The Morgan fingerprint density at radius 2 is 2.15 bits per heavy atom. The van der Waals surface area contributed by atoms with Gasteiger partial charge in [0.2, 0.25) is 0 Å². The topological polar surface area (TPSA) is 86.0 Å². The third kappa shape index (κ3) is 2.56. The zero-order valence-electron chi connectivity index (χ0n) is 10.6. The van der Waals surface area contributed by atoms with Gasteiger partial charge in [-0.2, -0.15) is 0 Å². The normalized spacial score (nSPS) is 10.2. The second-order valence-electron chi connectivity index (χ2n) is 3.86. The van der Waals surface area contributed by atoms with Crippen LogP contribution in [0.1, 0.15) is 0 Å². The molecule has 20 heavy (non-hydrogen) atoms. The summed E-state index contributed by atoms with van der Waals surface area (Å²) in [5.41, 5.74) is 1.32. The highest BCUT2D eigenvalue weighted by molar-refractivity contribution is 5.56. The molecule has 100 valence electrons. The maximum Gasteiger partial charge on any atom is 0.320 e. The summed E-state index contributed by atoms with van der Waals surface area (Å²) in [7, 11) is 1.61. The minimum Gasteiger partial charge on any atom is -0.497 e. The fourth-order valence-corrected chi connectivity index (χ4v) is 1.61. The van der Waals surface area contributed by atoms with Crippen molar-refractivity contribution >= 4 is 11.7 Å². The van der Waals surface area contributed by atoms with Crippen molar-refractivity contribution in [3.05, 3.63) is 42.9 Å². The van der Waals surface area contributed by atoms with E-state index in [9.17, 15) is 0 Å². The molecule has 0 atom stereocenters. The number of rotatable bonds is 4. The Balaban J connectivity index is 1.80. The molecule has 0 unspecified atom stereocenters. The highest BCUT2D eigenvalue weighted by Crippen LogP contribution is 2.22. The van der Waals surface area contributed by atoms with Gasteiger partial charge in [-0.1, -0.05) is 11.2 Å². The van der Waals surface area contributed by atoms with Gasteiger partial charge in [0.1, 0.15) is 11.4 Å². The number of methoxy groups -OCH3 is 1. The summed E-state index contributed by atoms with van der Waals surface area (Å²) < 4.78 is 10.6. The van der Waals surface area contributed by atoms with Crippen LogP contribution in [0.15, 0.2) is 47.3 Å². The van der Waals surface area contributed by atoms with E-state index in [0.29, 0.717) is 11.6 Å². The lowest BCUT2D eigenvalue weighted by molar-refractivity contribution is 0.415. The van der Waals surface area contributed by atoms with Crippen molar-refractivity contribution in [3.8, 4) is 17.3 Å². The Labute approximate surface area is 114 Å². The van der Waals surface area contributed by atoms with E-state index >= 15 is 0 Å². The molecular formula is C13H11N5O2. The first-order chi connectivity index (χ1) is 9.85. The summed E-state index contributed by atoms with van der Waals surface area (Å²) in [5.74, 6) is 1.05. The van der Waals surface area contributed by atoms with Crippen LogP contribution in [-0.4, -0.2) is 27.3 Å². The van der Waals surface area contributed by atoms with E-state index in [2.05, 4.69) is 25.5 Å². The number of benzene rings is 1. The van der Waals surface area contributed by atoms with Gasteiger partial charge in [0.05, 0.1) is 13.3 Å². The lowest BCUT2D eigenvalue weighted by Gasteiger charge is -2.03. The Morgan fingerprint density at radius 3 is 2.95 bits per heavy atom. The first kappa shape index (κ1) is 12.1. The quantitative estimate of drug-likeness (QED) is 0.777. The molecule has 1 aromatic carbocycles. The summed E-state index contributed by atoms with van der Waals surface area (Å²) in [5, 5.41) is 10.8. The highest BCUT2D eigenvalue weighted by atomic mass is 16.5. The number of nitrogens with one attached hydrogen (secondary N) is 1. The van der Waals surface area contributed by atoms with E-state index in [1.807, 2.05) is 24.3 Å². The predicted octanol–water partition coefficient (Wildman–Crippen LogP) is 2.28. The van der Waals surface area contributed by atoms with Gasteiger partial charge in [0, 0.05) is 24.1 Å². The Morgan fingerprint density at radius 1 is 1.20 bits per heavy atom. The largest absolute Gasteiger partial charge is 0.497 e. The van der Waals surface area contributed by atoms with Gasteiger partial charge in [-0.05, 0) is 12.1 Å². The van der Waals surface area contributed by atoms with Crippen LogP contribution in [0.2, 0.25) is 0 Å². The van der Waals surface area contributed by atoms with Crippen LogP contribution in [-0.2, 0) is 0 Å². The summed E-state index contributed by atoms with van der Waals surface area (Å²) in [6, 6.07) is 7.69. The van der Waals surface area contributed by atoms with Gasteiger partial charge < -0.3 is 14.5 Å². The van der Waals surface area contributed by atoms with Crippen LogP contribution in [0.25, 0.3) is 11.6 Å². The third-order valence-electron chi connectivity index (χ3n) is 2.53. The van der Waals surface area contributed by atoms with Crippen molar-refractivity contribution < 1.29 is 9.15 Å². The molecule has 2 aromatic heterocycles. The molecule has 2 heterocycles. The van der Waals surface area contributed by atoms with Gasteiger partial charge in [-0.15, -0.1) is 5.10 Å². The molecule has 0 fully saturated rings. The van der Waals surface area contributed by atoms with E-state index in [1.54, 1.807) is 25.7 Å². The molecule has 7 nitrogen and oxygen atoms in total. The first-order valence-electron chi connectivity index (χ1n) is 5.86. The van der Waals surface area contributed by atoms with Crippen molar-refractivity contribution in [2.24, 2.45) is 0 Å². The summed E-state index contributed by atoms with van der Waals surface area (Å²) in [6.45, 7) is 0. The van der Waals surface area contributed by atoms with E-state index in [0.717, 1.165) is 11.4 Å². The molecule has 0 bridgehead atoms. The van der Waals surface area contributed by atoms with Gasteiger partial charge in [-0.3, -0.25) is 4.98 Å². The molecule has 3 aromatic rings. The maximum absolute atomic E-state index is 5.47. The van der Waals surface area contributed by atoms with Crippen LogP contribution >= 0.6 is 0 Å². The smallest absolute Gasteiger partial charge is 0.320 e. The molecule has 0 saturated carbocycles. The molecule has 0 saturated heterocycles. The van der Waals surface area contributed by atoms with Crippen molar-refractivity contribution in [2.45, 2.75) is 0 Å². The van der Waals surface area contributed by atoms with Crippen LogP contribution in [0, 0.1) is 0 Å². The number of anilines is 2. The van der Waals surface area contributed by atoms with Crippen molar-refractivity contribution in [2.75, 3.05) is 12.4 Å². The Hall–Kier alpha value is -2.96. The zero-order chi connectivity index (χ0) is 13.8. The van der Waals surface area contributed by atoms with E-state index in [-0.39, 0.29) is 6.01 Å². The minimum absolute atomic E-state index is 0.277. The van der Waals surface area contributed by atoms with E-state index in [1.165, 1.54) is 0 Å². The summed E-state index contributed by atoms with van der Waals surface area (Å²) in [6.07, 6.45) is 4.70. The summed E-state index contributed by atoms with van der Waals surface area (Å²) >= 11 is 0. The molecule has 0 spiro atoms. The van der Waals surface area contributed by atoms with Gasteiger partial charge in [0.15, 0.2) is 0 Å². The Kier molecular flexibility index (Phi) is 3.24. The van der Waals surface area contributed by atoms with E-state index < -0.39 is 0 Å². The van der Waals surface area contributed by atoms with Gasteiger partial charge in [-0.25, -0.2) is 4.98 Å². The third-order valence-corrected chi connectivity index (χ3v) is 2.53. The van der Waals surface area contributed by atoms with Crippen LogP contribution < -0.4 is 10.1 Å². The van der Waals surface area contributed by atoms with Gasteiger partial charge in [0.25, 0.3) is 5.89 Å². The number of aromatic nitrogens is 4. The highest BCUT2D eigenvalue weighted by Gasteiger charge is 2.09. The van der Waals surface area contributed by atoms with Crippen LogP contribution in [0.5, 0.6) is 5.75 Å². The van der Waals surface area contributed by atoms with Crippen molar-refractivity contribution in [1.29, 1.82) is 0 Å². The maximum atomic E-state index is 5.47. The van der Waals surface area contributed by atoms with E-state index in [4.69, 9.17) is 9.15 Å². The molecule has 0 aliphatic heterocycles. The molecule has 0 amide bonds. The molecule has 0 aliphatic rings. The predicted molar refractivity (Wildman–Crippen MR) is 71.6 cm³/mol. The molecule has 0 radical (unpaired) electrons. The van der Waals surface area contributed by atoms with Crippen LogP contribution in [0.4, 0.5) is 11.7 Å². The standard InChI is InChI=1S/C13H11N5O2/c1-19-10-4-2-3-9(7-10)16-13-18-17-12(20-13)11-8-14-5-6-15-11/h2-8H,1H3,(H,16,18). The number of hydrogen-bond donors (Lipinski definition) is 1. The van der Waals surface area contributed by atoms with Crippen LogP contribution in [0.3, 0.4) is 0 Å². The lowest BCUT2D eigenvalue weighted by atomic mass is 10.3. The molecule has 7 heteroatoms. The zero-order valence-corrected chi connectivity index (χ0v) is 10.6. The minimum atomic E-state index is 0.277. The second kappa shape index (κ2) is 5.35. The average molecular weight is 269 g/mol. The average Bonchev–Trinajstić information content (AvgIpc) is 2.97. The molecular weight excluding hydrogens is 258 g/mol. The number of hydrogen-bond acceptors (Lipinski definition) is 7. The lowest BCUT2D eigenvalue weighted by Crippen LogP contribution is -1.91. The number of ether oxygens (including phenoxy) is 1. The summed E-state index contributed by atoms with van der Waals surface area (Å²) in [4.78, 5) is 8.04. The van der Waals surface area contributed by atoms with Crippen molar-refractivity contribution in [1.82, 2.24) is 20.2 Å². The second-order valence-corrected chi connectivity index (χ2v) is 3.86. The first-order valence-corrected chi connectivity index (χ1v) is 5.86. The fraction of sp³-hybridized carbons (Fsp3) is 0.0769. The SMILES string of the molecule is COc1cccc(Nc2nnc(-c3cnccn3)o2)c1. The monoisotopic (exact) mass is 269 g/mol. The Bertz CT molecular complexity index is 699. The fourth-order valence-electron chi connectivity index (χ4n) is 1.61. The molecule has 3 rings (SSSR count). The van der Waals surface area contributed by atoms with Crippen molar-refractivity contribution in [3.63, 3.8) is 0 Å².